The maximum Gasteiger partial charge on any atom is 0.277 e. The van der Waals surface area contributed by atoms with Crippen LogP contribution in [0.2, 0.25) is 0 Å². The van der Waals surface area contributed by atoms with Crippen LogP contribution in [0, 0.1) is 0 Å². The Bertz CT molecular complexity index is 830. The highest BCUT2D eigenvalue weighted by molar-refractivity contribution is 6.01. The Hall–Kier alpha value is -2.82. The van der Waals surface area contributed by atoms with Crippen LogP contribution >= 0.6 is 0 Å². The van der Waals surface area contributed by atoms with E-state index in [1.807, 2.05) is 0 Å². The lowest BCUT2D eigenvalue weighted by Gasteiger charge is -2.04. The van der Waals surface area contributed by atoms with Gasteiger partial charge in [-0.3, -0.25) is 14.7 Å². The molecule has 0 aliphatic rings. The van der Waals surface area contributed by atoms with Crippen LogP contribution < -0.4 is 11.3 Å². The van der Waals surface area contributed by atoms with Crippen molar-refractivity contribution in [3.8, 4) is 0 Å². The number of para-hydroxylation sites is 1. The van der Waals surface area contributed by atoms with Gasteiger partial charge in [0.2, 0.25) is 0 Å². The summed E-state index contributed by atoms with van der Waals surface area (Å²) >= 11 is 0. The van der Waals surface area contributed by atoms with Gasteiger partial charge in [0, 0.05) is 11.3 Å². The van der Waals surface area contributed by atoms with Gasteiger partial charge in [-0.2, -0.15) is 0 Å². The number of anilines is 1. The molecule has 94 valence electrons. The van der Waals surface area contributed by atoms with E-state index in [0.29, 0.717) is 22.2 Å². The van der Waals surface area contributed by atoms with Crippen molar-refractivity contribution >= 4 is 22.5 Å². The number of nitrogens with zero attached hydrogens (tertiary/aromatic N) is 1. The minimum Gasteiger partial charge on any atom is -0.399 e. The summed E-state index contributed by atoms with van der Waals surface area (Å²) in [5.74, 6) is -0.314. The summed E-state index contributed by atoms with van der Waals surface area (Å²) in [7, 11) is 0. The number of carbonyl (C=O) groups excluding carboxylic acids is 1. The van der Waals surface area contributed by atoms with Gasteiger partial charge in [0.25, 0.3) is 11.5 Å². The molecule has 1 aromatic heterocycles. The third-order valence-corrected chi connectivity index (χ3v) is 2.94. The van der Waals surface area contributed by atoms with Crippen LogP contribution in [-0.4, -0.2) is 15.7 Å². The van der Waals surface area contributed by atoms with Gasteiger partial charge in [-0.25, -0.2) is 4.68 Å². The van der Waals surface area contributed by atoms with Crippen LogP contribution in [0.3, 0.4) is 0 Å². The van der Waals surface area contributed by atoms with Crippen molar-refractivity contribution in [2.75, 3.05) is 5.73 Å². The largest absolute Gasteiger partial charge is 0.399 e. The van der Waals surface area contributed by atoms with Gasteiger partial charge in [0.1, 0.15) is 0 Å². The third-order valence-electron chi connectivity index (χ3n) is 2.94. The molecule has 3 aromatic rings. The van der Waals surface area contributed by atoms with Crippen molar-refractivity contribution in [2.45, 2.75) is 0 Å². The van der Waals surface area contributed by atoms with Crippen LogP contribution in [0.4, 0.5) is 5.69 Å². The van der Waals surface area contributed by atoms with Gasteiger partial charge in [-0.15, -0.1) is 0 Å². The second-order valence-corrected chi connectivity index (χ2v) is 4.22. The zero-order valence-electron chi connectivity index (χ0n) is 9.96. The summed E-state index contributed by atoms with van der Waals surface area (Å²) in [4.78, 5) is 24.1. The Morgan fingerprint density at radius 3 is 2.68 bits per heavy atom. The molecular formula is C14H11N3O2. The highest BCUT2D eigenvalue weighted by Crippen LogP contribution is 2.13. The summed E-state index contributed by atoms with van der Waals surface area (Å²) in [6.45, 7) is 0. The predicted molar refractivity (Wildman–Crippen MR) is 73.1 cm³/mol. The molecule has 5 nitrogen and oxygen atoms in total. The first-order valence-electron chi connectivity index (χ1n) is 5.77. The molecule has 0 fully saturated rings. The average Bonchev–Trinajstić information content (AvgIpc) is 2.76. The number of H-pyrrole nitrogens is 1. The topological polar surface area (TPSA) is 80.9 Å². The SMILES string of the molecule is Nc1cccc(C(=O)n2[nH]c(=O)c3ccccc32)c1. The van der Waals surface area contributed by atoms with Crippen molar-refractivity contribution in [1.29, 1.82) is 0 Å². The number of nitrogen functional groups attached to an aromatic ring is 1. The number of hydrogen-bond acceptors (Lipinski definition) is 3. The van der Waals surface area contributed by atoms with Gasteiger partial charge in [0.05, 0.1) is 10.9 Å². The van der Waals surface area contributed by atoms with Crippen molar-refractivity contribution in [1.82, 2.24) is 9.78 Å². The summed E-state index contributed by atoms with van der Waals surface area (Å²) in [6, 6.07) is 13.6. The first-order valence-corrected chi connectivity index (χ1v) is 5.77. The molecule has 3 rings (SSSR count). The van der Waals surface area contributed by atoms with Crippen LogP contribution in [0.1, 0.15) is 10.4 Å². The molecule has 0 atom stereocenters. The van der Waals surface area contributed by atoms with Gasteiger partial charge < -0.3 is 5.73 Å². The fourth-order valence-corrected chi connectivity index (χ4v) is 2.04. The van der Waals surface area contributed by atoms with E-state index >= 15 is 0 Å². The highest BCUT2D eigenvalue weighted by Gasteiger charge is 2.14. The van der Waals surface area contributed by atoms with Crippen LogP contribution in [-0.2, 0) is 0 Å². The van der Waals surface area contributed by atoms with E-state index in [1.54, 1.807) is 48.5 Å². The molecule has 0 aliphatic heterocycles. The first kappa shape index (κ1) is 11.3. The van der Waals surface area contributed by atoms with Gasteiger partial charge >= 0.3 is 0 Å². The van der Waals surface area contributed by atoms with E-state index < -0.39 is 0 Å². The zero-order chi connectivity index (χ0) is 13.4. The second-order valence-electron chi connectivity index (χ2n) is 4.22. The summed E-state index contributed by atoms with van der Waals surface area (Å²) in [5, 5.41) is 3.03. The van der Waals surface area contributed by atoms with E-state index in [-0.39, 0.29) is 11.5 Å². The number of fused-ring (bicyclic) bond motifs is 1. The lowest BCUT2D eigenvalue weighted by molar-refractivity contribution is 0.0950. The molecular weight excluding hydrogens is 242 g/mol. The maximum atomic E-state index is 12.4. The van der Waals surface area contributed by atoms with E-state index in [9.17, 15) is 9.59 Å². The monoisotopic (exact) mass is 253 g/mol. The number of nitrogens with one attached hydrogen (secondary N) is 1. The molecule has 0 bridgehead atoms. The minimum absolute atomic E-state index is 0.284. The standard InChI is InChI=1S/C14H11N3O2/c15-10-5-3-4-9(8-10)14(19)17-12-7-2-1-6-11(12)13(18)16-17/h1-8H,15H2,(H,16,18). The Morgan fingerprint density at radius 1 is 1.11 bits per heavy atom. The summed E-state index contributed by atoms with van der Waals surface area (Å²) < 4.78 is 1.24. The lowest BCUT2D eigenvalue weighted by Crippen LogP contribution is -2.16. The highest BCUT2D eigenvalue weighted by atomic mass is 16.2. The minimum atomic E-state index is -0.314. The summed E-state index contributed by atoms with van der Waals surface area (Å²) in [6.07, 6.45) is 0. The van der Waals surface area contributed by atoms with Crippen molar-refractivity contribution < 1.29 is 4.79 Å². The summed E-state index contributed by atoms with van der Waals surface area (Å²) in [5.41, 5.74) is 6.86. The van der Waals surface area contributed by atoms with Gasteiger partial charge in [-0.05, 0) is 30.3 Å². The lowest BCUT2D eigenvalue weighted by atomic mass is 10.2. The molecule has 0 saturated carbocycles. The van der Waals surface area contributed by atoms with Crippen LogP contribution in [0.25, 0.3) is 10.9 Å². The Kier molecular flexibility index (Phi) is 2.45. The predicted octanol–water partition coefficient (Wildman–Crippen LogP) is 1.60. The molecule has 5 heteroatoms. The fraction of sp³-hybridized carbons (Fsp3) is 0. The second kappa shape index (κ2) is 4.13. The molecule has 1 heterocycles. The molecule has 0 radical (unpaired) electrons. The van der Waals surface area contributed by atoms with E-state index in [4.69, 9.17) is 5.73 Å². The Morgan fingerprint density at radius 2 is 1.89 bits per heavy atom. The molecule has 0 aliphatic carbocycles. The molecule has 0 amide bonds. The van der Waals surface area contributed by atoms with Gasteiger partial charge in [0.15, 0.2) is 0 Å². The number of hydrogen-bond donors (Lipinski definition) is 2. The smallest absolute Gasteiger partial charge is 0.277 e. The first-order chi connectivity index (χ1) is 9.16. The Balaban J connectivity index is 2.20. The molecule has 3 N–H and O–H groups in total. The van der Waals surface area contributed by atoms with E-state index in [0.717, 1.165) is 0 Å². The number of benzene rings is 2. The normalized spacial score (nSPS) is 10.7. The van der Waals surface area contributed by atoms with Crippen molar-refractivity contribution in [2.24, 2.45) is 0 Å². The van der Waals surface area contributed by atoms with Crippen LogP contribution in [0.15, 0.2) is 53.3 Å². The van der Waals surface area contributed by atoms with Crippen molar-refractivity contribution in [3.05, 3.63) is 64.4 Å². The average molecular weight is 253 g/mol. The quantitative estimate of drug-likeness (QED) is 0.646. The molecule has 0 saturated heterocycles. The molecule has 2 aromatic carbocycles. The Labute approximate surface area is 108 Å². The third kappa shape index (κ3) is 1.81. The number of nitrogens with two attached hydrogens (primary N) is 1. The number of carbonyl (C=O) groups is 1. The molecule has 0 unspecified atom stereocenters. The molecule has 19 heavy (non-hydrogen) atoms. The van der Waals surface area contributed by atoms with E-state index in [2.05, 4.69) is 5.10 Å². The van der Waals surface area contributed by atoms with Crippen molar-refractivity contribution in [3.63, 3.8) is 0 Å². The fourth-order valence-electron chi connectivity index (χ4n) is 2.04. The number of rotatable bonds is 1. The van der Waals surface area contributed by atoms with Crippen LogP contribution in [0.5, 0.6) is 0 Å². The zero-order valence-corrected chi connectivity index (χ0v) is 9.96. The van der Waals surface area contributed by atoms with Gasteiger partial charge in [-0.1, -0.05) is 18.2 Å². The number of aromatic nitrogens is 2. The number of aromatic amines is 1. The molecule has 0 spiro atoms. The maximum absolute atomic E-state index is 12.4. The van der Waals surface area contributed by atoms with E-state index in [1.165, 1.54) is 4.68 Å².